The lowest BCUT2D eigenvalue weighted by Crippen LogP contribution is -1.93. The number of aryl methyl sites for hydroxylation is 1. The minimum Gasteiger partial charge on any atom is -0.398 e. The van der Waals surface area contributed by atoms with Gasteiger partial charge in [0, 0.05) is 23.0 Å². The minimum atomic E-state index is 0.760. The molecule has 0 radical (unpaired) electrons. The molecule has 1 aromatic carbocycles. The molecule has 6 heteroatoms. The van der Waals surface area contributed by atoms with Crippen molar-refractivity contribution >= 4 is 33.4 Å². The van der Waals surface area contributed by atoms with E-state index in [9.17, 15) is 0 Å². The Morgan fingerprint density at radius 1 is 1.50 bits per heavy atom. The summed E-state index contributed by atoms with van der Waals surface area (Å²) in [5.41, 5.74) is 7.73. The van der Waals surface area contributed by atoms with Crippen molar-refractivity contribution in [1.82, 2.24) is 14.8 Å². The number of nitrogens with two attached hydrogens (primary N) is 1. The predicted molar refractivity (Wildman–Crippen MR) is 69.1 cm³/mol. The van der Waals surface area contributed by atoms with Crippen LogP contribution < -0.4 is 5.73 Å². The van der Waals surface area contributed by atoms with Gasteiger partial charge in [-0.05, 0) is 27.6 Å². The maximum Gasteiger partial charge on any atom is 0.191 e. The lowest BCUT2D eigenvalue weighted by atomic mass is 10.2. The van der Waals surface area contributed by atoms with Crippen LogP contribution in [0.3, 0.4) is 0 Å². The first-order valence-electron chi connectivity index (χ1n) is 4.68. The highest BCUT2D eigenvalue weighted by Gasteiger charge is 2.06. The quantitative estimate of drug-likeness (QED) is 0.698. The van der Waals surface area contributed by atoms with Gasteiger partial charge in [-0.2, -0.15) is 0 Å². The van der Waals surface area contributed by atoms with E-state index in [0.717, 1.165) is 26.6 Å². The van der Waals surface area contributed by atoms with Gasteiger partial charge in [-0.1, -0.05) is 23.9 Å². The molecule has 0 saturated heterocycles. The molecular weight excluding hydrogens is 288 g/mol. The Labute approximate surface area is 106 Å². The van der Waals surface area contributed by atoms with Crippen molar-refractivity contribution < 1.29 is 0 Å². The fourth-order valence-corrected chi connectivity index (χ4v) is 2.73. The van der Waals surface area contributed by atoms with Gasteiger partial charge in [-0.25, -0.2) is 0 Å². The summed E-state index contributed by atoms with van der Waals surface area (Å²) in [5.74, 6) is 0.818. The molecule has 0 fully saturated rings. The molecule has 1 heterocycles. The summed E-state index contributed by atoms with van der Waals surface area (Å²) in [6.07, 6.45) is 1.69. The molecule has 2 N–H and O–H groups in total. The summed E-state index contributed by atoms with van der Waals surface area (Å²) in [4.78, 5) is 0. The van der Waals surface area contributed by atoms with Crippen LogP contribution in [0.2, 0.25) is 0 Å². The van der Waals surface area contributed by atoms with Crippen molar-refractivity contribution in [2.75, 3.05) is 5.73 Å². The fraction of sp³-hybridized carbons (Fsp3) is 0.200. The molecule has 16 heavy (non-hydrogen) atoms. The van der Waals surface area contributed by atoms with E-state index in [0.29, 0.717) is 0 Å². The minimum absolute atomic E-state index is 0.760. The van der Waals surface area contributed by atoms with Crippen LogP contribution in [0.25, 0.3) is 0 Å². The Bertz CT molecular complexity index is 497. The first-order chi connectivity index (χ1) is 7.68. The third-order valence-electron chi connectivity index (χ3n) is 2.14. The standard InChI is InChI=1S/C10H11BrN4S/c1-15-6-13-14-10(15)16-5-7-3-2-4-8(12)9(7)11/h2-4,6H,5,12H2,1H3. The molecule has 0 spiro atoms. The maximum absolute atomic E-state index is 5.81. The van der Waals surface area contributed by atoms with Crippen LogP contribution in [0.1, 0.15) is 5.56 Å². The van der Waals surface area contributed by atoms with E-state index in [1.807, 2.05) is 29.8 Å². The van der Waals surface area contributed by atoms with E-state index >= 15 is 0 Å². The molecule has 4 nitrogen and oxygen atoms in total. The molecule has 0 bridgehead atoms. The van der Waals surface area contributed by atoms with Gasteiger partial charge in [0.15, 0.2) is 5.16 Å². The molecule has 0 amide bonds. The number of nitrogen functional groups attached to an aromatic ring is 1. The Morgan fingerprint density at radius 2 is 2.31 bits per heavy atom. The normalized spacial score (nSPS) is 10.6. The number of thioether (sulfide) groups is 1. The molecule has 1 aromatic heterocycles. The molecule has 0 saturated carbocycles. The van der Waals surface area contributed by atoms with Gasteiger partial charge in [0.2, 0.25) is 0 Å². The highest BCUT2D eigenvalue weighted by atomic mass is 79.9. The lowest BCUT2D eigenvalue weighted by Gasteiger charge is -2.05. The van der Waals surface area contributed by atoms with Crippen LogP contribution in [-0.4, -0.2) is 14.8 Å². The van der Waals surface area contributed by atoms with Crippen molar-refractivity contribution in [3.05, 3.63) is 34.6 Å². The summed E-state index contributed by atoms with van der Waals surface area (Å²) in [6.45, 7) is 0. The molecule has 0 unspecified atom stereocenters. The summed E-state index contributed by atoms with van der Waals surface area (Å²) < 4.78 is 2.86. The van der Waals surface area contributed by atoms with Crippen LogP contribution in [-0.2, 0) is 12.8 Å². The summed E-state index contributed by atoms with van der Waals surface area (Å²) in [6, 6.07) is 5.87. The van der Waals surface area contributed by atoms with Gasteiger partial charge in [-0.15, -0.1) is 10.2 Å². The van der Waals surface area contributed by atoms with Gasteiger partial charge in [0.25, 0.3) is 0 Å². The van der Waals surface area contributed by atoms with Crippen LogP contribution in [0.5, 0.6) is 0 Å². The van der Waals surface area contributed by atoms with E-state index in [4.69, 9.17) is 5.73 Å². The highest BCUT2D eigenvalue weighted by Crippen LogP contribution is 2.29. The van der Waals surface area contributed by atoms with E-state index in [-0.39, 0.29) is 0 Å². The molecule has 0 atom stereocenters. The monoisotopic (exact) mass is 298 g/mol. The van der Waals surface area contributed by atoms with Crippen molar-refractivity contribution in [1.29, 1.82) is 0 Å². The van der Waals surface area contributed by atoms with Crippen LogP contribution >= 0.6 is 27.7 Å². The second-order valence-corrected chi connectivity index (χ2v) is 5.07. The number of rotatable bonds is 3. The smallest absolute Gasteiger partial charge is 0.191 e. The van der Waals surface area contributed by atoms with Crippen LogP contribution in [0.15, 0.2) is 34.2 Å². The van der Waals surface area contributed by atoms with E-state index < -0.39 is 0 Å². The molecule has 2 aromatic rings. The van der Waals surface area contributed by atoms with Crippen molar-refractivity contribution in [2.24, 2.45) is 7.05 Å². The molecule has 0 aliphatic carbocycles. The molecule has 0 aliphatic rings. The SMILES string of the molecule is Cn1cnnc1SCc1cccc(N)c1Br. The van der Waals surface area contributed by atoms with Gasteiger partial charge in [-0.3, -0.25) is 0 Å². The topological polar surface area (TPSA) is 56.7 Å². The maximum atomic E-state index is 5.81. The van der Waals surface area contributed by atoms with Gasteiger partial charge in [0.05, 0.1) is 0 Å². The number of halogens is 1. The van der Waals surface area contributed by atoms with Crippen LogP contribution in [0, 0.1) is 0 Å². The largest absolute Gasteiger partial charge is 0.398 e. The number of aromatic nitrogens is 3. The first kappa shape index (κ1) is 11.5. The molecule has 84 valence electrons. The average molecular weight is 299 g/mol. The third-order valence-corrected chi connectivity index (χ3v) is 4.19. The third kappa shape index (κ3) is 2.38. The van der Waals surface area contributed by atoms with Gasteiger partial charge >= 0.3 is 0 Å². The molecular formula is C10H11BrN4S. The van der Waals surface area contributed by atoms with E-state index in [1.165, 1.54) is 0 Å². The highest BCUT2D eigenvalue weighted by molar-refractivity contribution is 9.10. The lowest BCUT2D eigenvalue weighted by molar-refractivity contribution is 0.788. The zero-order chi connectivity index (χ0) is 11.5. The Hall–Kier alpha value is -1.01. The Balaban J connectivity index is 2.11. The summed E-state index contributed by atoms with van der Waals surface area (Å²) in [7, 11) is 1.93. The average Bonchev–Trinajstić information content (AvgIpc) is 2.67. The van der Waals surface area contributed by atoms with Crippen molar-refractivity contribution in [3.63, 3.8) is 0 Å². The predicted octanol–water partition coefficient (Wildman–Crippen LogP) is 2.45. The van der Waals surface area contributed by atoms with Crippen LogP contribution in [0.4, 0.5) is 5.69 Å². The van der Waals surface area contributed by atoms with Gasteiger partial charge in [0.1, 0.15) is 6.33 Å². The summed E-state index contributed by atoms with van der Waals surface area (Å²) in [5, 5.41) is 8.74. The number of nitrogens with zero attached hydrogens (tertiary/aromatic N) is 3. The number of benzene rings is 1. The van der Waals surface area contributed by atoms with Crippen molar-refractivity contribution in [2.45, 2.75) is 10.9 Å². The number of anilines is 1. The fourth-order valence-electron chi connectivity index (χ4n) is 1.26. The van der Waals surface area contributed by atoms with Crippen molar-refractivity contribution in [3.8, 4) is 0 Å². The second kappa shape index (κ2) is 4.88. The first-order valence-corrected chi connectivity index (χ1v) is 6.46. The summed E-state index contributed by atoms with van der Waals surface area (Å²) >= 11 is 5.12. The Kier molecular flexibility index (Phi) is 3.50. The second-order valence-electron chi connectivity index (χ2n) is 3.33. The number of hydrogen-bond donors (Lipinski definition) is 1. The number of hydrogen-bond acceptors (Lipinski definition) is 4. The molecule has 2 rings (SSSR count). The van der Waals surface area contributed by atoms with Gasteiger partial charge < -0.3 is 10.3 Å². The van der Waals surface area contributed by atoms with E-state index in [1.54, 1.807) is 18.1 Å². The zero-order valence-electron chi connectivity index (χ0n) is 8.72. The molecule has 0 aliphatic heterocycles. The zero-order valence-corrected chi connectivity index (χ0v) is 11.1. The Morgan fingerprint density at radius 3 is 3.00 bits per heavy atom. The van der Waals surface area contributed by atoms with E-state index in [2.05, 4.69) is 26.1 Å².